The lowest BCUT2D eigenvalue weighted by atomic mass is 9.95. The van der Waals surface area contributed by atoms with Crippen LogP contribution in [0.1, 0.15) is 23.6 Å². The molecule has 2 heterocycles. The smallest absolute Gasteiger partial charge is 0.295 e. The van der Waals surface area contributed by atoms with E-state index in [1.54, 1.807) is 29.4 Å². The number of Topliss-reactive ketones (excluding diaryl/α,β-unsaturated/α-hetero) is 1. The average Bonchev–Trinajstić information content (AvgIpc) is 2.93. The van der Waals surface area contributed by atoms with Gasteiger partial charge in [-0.3, -0.25) is 14.6 Å². The van der Waals surface area contributed by atoms with E-state index in [-0.39, 0.29) is 11.3 Å². The predicted molar refractivity (Wildman–Crippen MR) is 110 cm³/mol. The number of hydrogen-bond acceptors (Lipinski definition) is 4. The fourth-order valence-electron chi connectivity index (χ4n) is 3.40. The molecule has 3 rings (SSSR count). The summed E-state index contributed by atoms with van der Waals surface area (Å²) in [7, 11) is 4.09. The highest BCUT2D eigenvalue weighted by atomic mass is 79.9. The number of aromatic nitrogens is 1. The van der Waals surface area contributed by atoms with Gasteiger partial charge in [-0.05, 0) is 29.8 Å². The van der Waals surface area contributed by atoms with Crippen LogP contribution >= 0.6 is 15.9 Å². The van der Waals surface area contributed by atoms with Crippen LogP contribution in [-0.4, -0.2) is 53.9 Å². The number of quaternary nitrogens is 1. The average molecular weight is 445 g/mol. The van der Waals surface area contributed by atoms with Crippen molar-refractivity contribution in [3.05, 3.63) is 70.0 Å². The van der Waals surface area contributed by atoms with Crippen LogP contribution in [0.4, 0.5) is 0 Å². The molecule has 2 N–H and O–H groups in total. The fourth-order valence-corrected chi connectivity index (χ4v) is 3.82. The summed E-state index contributed by atoms with van der Waals surface area (Å²) in [4.78, 5) is 32.4. The molecule has 6 nitrogen and oxygen atoms in total. The molecule has 146 valence electrons. The van der Waals surface area contributed by atoms with Crippen molar-refractivity contribution in [2.24, 2.45) is 0 Å². The number of pyridine rings is 1. The maximum Gasteiger partial charge on any atom is 0.295 e. The lowest BCUT2D eigenvalue weighted by Crippen LogP contribution is -3.05. The van der Waals surface area contributed by atoms with Crippen molar-refractivity contribution in [2.45, 2.75) is 12.5 Å². The number of halogens is 1. The summed E-state index contributed by atoms with van der Waals surface area (Å²) in [6, 6.07) is 10.1. The Balaban J connectivity index is 2.08. The van der Waals surface area contributed by atoms with E-state index >= 15 is 0 Å². The summed E-state index contributed by atoms with van der Waals surface area (Å²) in [5, 5.41) is 10.9. The highest BCUT2D eigenvalue weighted by Crippen LogP contribution is 2.39. The van der Waals surface area contributed by atoms with Gasteiger partial charge in [0.05, 0.1) is 32.3 Å². The molecule has 1 fully saturated rings. The van der Waals surface area contributed by atoms with Gasteiger partial charge in [0.2, 0.25) is 0 Å². The van der Waals surface area contributed by atoms with Crippen LogP contribution in [0.3, 0.4) is 0 Å². The third kappa shape index (κ3) is 4.15. The van der Waals surface area contributed by atoms with Crippen molar-refractivity contribution in [2.75, 3.05) is 27.2 Å². The number of ketones is 1. The summed E-state index contributed by atoms with van der Waals surface area (Å²) >= 11 is 3.45. The highest BCUT2D eigenvalue weighted by Gasteiger charge is 2.45. The van der Waals surface area contributed by atoms with Gasteiger partial charge < -0.3 is 14.9 Å². The summed E-state index contributed by atoms with van der Waals surface area (Å²) in [5.41, 5.74) is 1.36. The van der Waals surface area contributed by atoms with E-state index in [0.29, 0.717) is 12.1 Å². The SMILES string of the molecule is C[NH+](C)CCCN1C(=O)C(=O)/C(=C(\O)c2ccncc2)[C@@H]1c1cccc(Br)c1. The standard InChI is InChI=1S/C21H22BrN3O3/c1-24(2)11-4-12-25-18(15-5-3-6-16(22)13-15)17(20(27)21(25)28)19(26)14-7-9-23-10-8-14/h3,5-10,13,18,26H,4,11-12H2,1-2H3/p+1/b19-17-/t18-/m0/s1. The first-order valence-corrected chi connectivity index (χ1v) is 9.92. The number of aliphatic hydroxyl groups excluding tert-OH is 1. The molecular formula is C21H23BrN3O3+. The zero-order chi connectivity index (χ0) is 20.3. The lowest BCUT2D eigenvalue weighted by molar-refractivity contribution is -0.858. The van der Waals surface area contributed by atoms with Crippen molar-refractivity contribution in [1.29, 1.82) is 0 Å². The van der Waals surface area contributed by atoms with Gasteiger partial charge >= 0.3 is 0 Å². The van der Waals surface area contributed by atoms with E-state index in [2.05, 4.69) is 20.9 Å². The Hall–Kier alpha value is -2.51. The van der Waals surface area contributed by atoms with Gasteiger partial charge in [0, 0.05) is 35.4 Å². The number of likely N-dealkylation sites (tertiary alicyclic amines) is 1. The van der Waals surface area contributed by atoms with Crippen LogP contribution in [0.15, 0.2) is 58.8 Å². The van der Waals surface area contributed by atoms with Gasteiger partial charge in [0.25, 0.3) is 11.7 Å². The number of hydrogen-bond donors (Lipinski definition) is 2. The van der Waals surface area contributed by atoms with Crippen molar-refractivity contribution in [1.82, 2.24) is 9.88 Å². The largest absolute Gasteiger partial charge is 0.507 e. The summed E-state index contributed by atoms with van der Waals surface area (Å²) in [6.07, 6.45) is 3.84. The van der Waals surface area contributed by atoms with Gasteiger partial charge in [-0.1, -0.05) is 28.1 Å². The Morgan fingerprint density at radius 1 is 1.21 bits per heavy atom. The molecule has 1 aromatic carbocycles. The minimum Gasteiger partial charge on any atom is -0.507 e. The molecule has 0 aliphatic carbocycles. The second-order valence-corrected chi connectivity index (χ2v) is 8.01. The molecule has 1 saturated heterocycles. The molecule has 0 saturated carbocycles. The molecule has 0 unspecified atom stereocenters. The van der Waals surface area contributed by atoms with Crippen molar-refractivity contribution in [3.8, 4) is 0 Å². The van der Waals surface area contributed by atoms with E-state index in [0.717, 1.165) is 23.0 Å². The number of rotatable bonds is 6. The minimum atomic E-state index is -0.656. The predicted octanol–water partition coefficient (Wildman–Crippen LogP) is 1.80. The molecule has 1 atom stereocenters. The zero-order valence-corrected chi connectivity index (χ0v) is 17.4. The van der Waals surface area contributed by atoms with Crippen molar-refractivity contribution in [3.63, 3.8) is 0 Å². The molecule has 7 heteroatoms. The summed E-state index contributed by atoms with van der Waals surface area (Å²) < 4.78 is 0.845. The number of nitrogens with zero attached hydrogens (tertiary/aromatic N) is 2. The number of carbonyl (C=O) groups is 2. The maximum absolute atomic E-state index is 12.9. The summed E-state index contributed by atoms with van der Waals surface area (Å²) in [5.74, 6) is -1.41. The van der Waals surface area contributed by atoms with Gasteiger partial charge in [-0.15, -0.1) is 0 Å². The molecule has 1 aliphatic heterocycles. The maximum atomic E-state index is 12.9. The molecule has 0 radical (unpaired) electrons. The van der Waals surface area contributed by atoms with Crippen LogP contribution in [0.5, 0.6) is 0 Å². The molecule has 28 heavy (non-hydrogen) atoms. The molecular weight excluding hydrogens is 422 g/mol. The van der Waals surface area contributed by atoms with Crippen LogP contribution in [0, 0.1) is 0 Å². The molecule has 1 aromatic heterocycles. The number of amides is 1. The third-order valence-corrected chi connectivity index (χ3v) is 5.23. The first-order valence-electron chi connectivity index (χ1n) is 9.13. The Morgan fingerprint density at radius 3 is 2.57 bits per heavy atom. The van der Waals surface area contributed by atoms with Crippen LogP contribution in [0.25, 0.3) is 5.76 Å². The van der Waals surface area contributed by atoms with Crippen LogP contribution < -0.4 is 4.90 Å². The first-order chi connectivity index (χ1) is 13.4. The number of carbonyl (C=O) groups excluding carboxylic acids is 2. The lowest BCUT2D eigenvalue weighted by Gasteiger charge is -2.25. The molecule has 1 aliphatic rings. The molecule has 2 aromatic rings. The molecule has 0 bridgehead atoms. The Labute approximate surface area is 172 Å². The van der Waals surface area contributed by atoms with Crippen LogP contribution in [-0.2, 0) is 9.59 Å². The quantitative estimate of drug-likeness (QED) is 0.404. The van der Waals surface area contributed by atoms with Crippen molar-refractivity contribution >= 4 is 33.4 Å². The minimum absolute atomic E-state index is 0.117. The van der Waals surface area contributed by atoms with E-state index < -0.39 is 17.7 Å². The van der Waals surface area contributed by atoms with Crippen molar-refractivity contribution < 1.29 is 19.6 Å². The molecule has 0 spiro atoms. The monoisotopic (exact) mass is 444 g/mol. The number of nitrogens with one attached hydrogen (secondary N) is 1. The van der Waals surface area contributed by atoms with Gasteiger partial charge in [-0.25, -0.2) is 0 Å². The Kier molecular flexibility index (Phi) is 6.26. The Morgan fingerprint density at radius 2 is 1.93 bits per heavy atom. The first kappa shape index (κ1) is 20.2. The van der Waals surface area contributed by atoms with Gasteiger partial charge in [-0.2, -0.15) is 0 Å². The normalized spacial score (nSPS) is 18.9. The van der Waals surface area contributed by atoms with Crippen LogP contribution in [0.2, 0.25) is 0 Å². The van der Waals surface area contributed by atoms with E-state index in [1.165, 1.54) is 4.90 Å². The van der Waals surface area contributed by atoms with Gasteiger partial charge in [0.15, 0.2) is 0 Å². The molecule has 1 amide bonds. The number of aliphatic hydroxyl groups is 1. The van der Waals surface area contributed by atoms with Gasteiger partial charge in [0.1, 0.15) is 5.76 Å². The van der Waals surface area contributed by atoms with E-state index in [4.69, 9.17) is 0 Å². The summed E-state index contributed by atoms with van der Waals surface area (Å²) in [6.45, 7) is 1.32. The zero-order valence-electron chi connectivity index (χ0n) is 15.9. The Bertz CT molecular complexity index is 912. The highest BCUT2D eigenvalue weighted by molar-refractivity contribution is 9.10. The van der Waals surface area contributed by atoms with E-state index in [1.807, 2.05) is 38.4 Å². The third-order valence-electron chi connectivity index (χ3n) is 4.73. The topological polar surface area (TPSA) is 74.9 Å². The second-order valence-electron chi connectivity index (χ2n) is 7.09. The number of benzene rings is 1. The second kappa shape index (κ2) is 8.67. The fraction of sp³-hybridized carbons (Fsp3) is 0.286. The van der Waals surface area contributed by atoms with E-state index in [9.17, 15) is 14.7 Å².